The maximum atomic E-state index is 12.1. The third-order valence-electron chi connectivity index (χ3n) is 3.69. The zero-order valence-corrected chi connectivity index (χ0v) is 15.7. The molecule has 1 amide bonds. The lowest BCUT2D eigenvalue weighted by Gasteiger charge is -2.32. The normalized spacial score (nSPS) is 22.6. The number of nitrogens with zero attached hydrogens (tertiary/aromatic N) is 3. The molecule has 3 rings (SSSR count). The zero-order chi connectivity index (χ0) is 15.0. The van der Waals surface area contributed by atoms with Gasteiger partial charge in [-0.25, -0.2) is 0 Å². The summed E-state index contributed by atoms with van der Waals surface area (Å²) < 4.78 is 1.01. The fourth-order valence-corrected chi connectivity index (χ4v) is 3.88. The number of hydrogen-bond donors (Lipinski definition) is 0. The van der Waals surface area contributed by atoms with Crippen LogP contribution in [0.2, 0.25) is 0 Å². The van der Waals surface area contributed by atoms with Gasteiger partial charge in [-0.2, -0.15) is 0 Å². The van der Waals surface area contributed by atoms with Crippen molar-refractivity contribution in [1.82, 2.24) is 4.90 Å². The van der Waals surface area contributed by atoms with Gasteiger partial charge in [-0.1, -0.05) is 27.7 Å². The number of carbonyl (C=O) groups is 1. The van der Waals surface area contributed by atoms with Crippen LogP contribution in [0.3, 0.4) is 0 Å². The van der Waals surface area contributed by atoms with E-state index >= 15 is 0 Å². The van der Waals surface area contributed by atoms with Gasteiger partial charge in [0.1, 0.15) is 6.17 Å². The Morgan fingerprint density at radius 2 is 2.00 bits per heavy atom. The van der Waals surface area contributed by atoms with Gasteiger partial charge in [0.25, 0.3) is 0 Å². The second-order valence-corrected chi connectivity index (χ2v) is 7.31. The minimum absolute atomic E-state index is 0. The van der Waals surface area contributed by atoms with Crippen LogP contribution in [0.1, 0.15) is 19.8 Å². The Balaban J connectivity index is 0.00000176. The van der Waals surface area contributed by atoms with Gasteiger partial charge < -0.3 is 4.90 Å². The lowest BCUT2D eigenvalue weighted by Crippen LogP contribution is -2.48. The molecule has 1 heterocycles. The Labute approximate surface area is 149 Å². The quantitative estimate of drug-likeness (QED) is 0.770. The van der Waals surface area contributed by atoms with Crippen molar-refractivity contribution in [2.75, 3.05) is 17.7 Å². The first-order valence-corrected chi connectivity index (χ1v) is 8.83. The number of hydrogen-bond acceptors (Lipinski definition) is 3. The van der Waals surface area contributed by atoms with E-state index in [0.29, 0.717) is 6.04 Å². The topological polar surface area (TPSA) is 35.9 Å². The lowest BCUT2D eigenvalue weighted by atomic mass is 10.2. The number of carbonyl (C=O) groups excluding carboxylic acids is 1. The van der Waals surface area contributed by atoms with Gasteiger partial charge >= 0.3 is 0 Å². The van der Waals surface area contributed by atoms with Crippen molar-refractivity contribution >= 4 is 56.9 Å². The maximum absolute atomic E-state index is 12.1. The summed E-state index contributed by atoms with van der Waals surface area (Å²) in [5.74, 6) is 0.917. The van der Waals surface area contributed by atoms with Gasteiger partial charge in [0.05, 0.1) is 6.04 Å². The Morgan fingerprint density at radius 3 is 2.55 bits per heavy atom. The molecule has 22 heavy (non-hydrogen) atoms. The van der Waals surface area contributed by atoms with Crippen molar-refractivity contribution in [3.63, 3.8) is 0 Å². The maximum Gasteiger partial charge on any atom is 0.225 e. The number of rotatable bonds is 3. The standard InChI is InChI=1S/C15H18BrN3OS.ClH/c1-10(20)19(13-7-3-11(16)4-8-13)14-9-21-15(18(14)2)17-12-5-6-12;/h3-4,7-8,12,14H,5-6,9H2,1-2H3;1H. The van der Waals surface area contributed by atoms with E-state index in [9.17, 15) is 4.79 Å². The van der Waals surface area contributed by atoms with Crippen molar-refractivity contribution in [3.8, 4) is 0 Å². The number of amides is 1. The molecule has 0 aromatic heterocycles. The minimum Gasteiger partial charge on any atom is -0.333 e. The number of benzene rings is 1. The Hall–Kier alpha value is -0.720. The molecule has 2 fully saturated rings. The van der Waals surface area contributed by atoms with Gasteiger partial charge in [0.2, 0.25) is 5.91 Å². The first-order valence-electron chi connectivity index (χ1n) is 7.05. The molecule has 1 atom stereocenters. The van der Waals surface area contributed by atoms with Crippen LogP contribution in [0.25, 0.3) is 0 Å². The van der Waals surface area contributed by atoms with E-state index in [-0.39, 0.29) is 24.5 Å². The zero-order valence-electron chi connectivity index (χ0n) is 12.5. The predicted molar refractivity (Wildman–Crippen MR) is 99.0 cm³/mol. The highest BCUT2D eigenvalue weighted by atomic mass is 79.9. The molecule has 0 spiro atoms. The van der Waals surface area contributed by atoms with Gasteiger partial charge in [-0.15, -0.1) is 12.4 Å². The largest absolute Gasteiger partial charge is 0.333 e. The van der Waals surface area contributed by atoms with Crippen LogP contribution in [-0.4, -0.2) is 41.0 Å². The van der Waals surface area contributed by atoms with E-state index in [1.54, 1.807) is 18.7 Å². The lowest BCUT2D eigenvalue weighted by molar-refractivity contribution is -0.117. The number of thioether (sulfide) groups is 1. The second-order valence-electron chi connectivity index (χ2n) is 5.41. The van der Waals surface area contributed by atoms with Crippen LogP contribution in [0, 0.1) is 0 Å². The van der Waals surface area contributed by atoms with Crippen LogP contribution in [0.15, 0.2) is 33.7 Å². The molecular weight excluding hydrogens is 386 g/mol. The third-order valence-corrected chi connectivity index (χ3v) is 5.34. The summed E-state index contributed by atoms with van der Waals surface area (Å²) in [7, 11) is 2.03. The molecule has 1 aliphatic carbocycles. The third kappa shape index (κ3) is 3.78. The van der Waals surface area contributed by atoms with Crippen molar-refractivity contribution in [3.05, 3.63) is 28.7 Å². The second kappa shape index (κ2) is 7.23. The average molecular weight is 405 g/mol. The van der Waals surface area contributed by atoms with Crippen LogP contribution >= 0.6 is 40.1 Å². The smallest absolute Gasteiger partial charge is 0.225 e. The number of aliphatic imine (C=N–C) groups is 1. The van der Waals surface area contributed by atoms with E-state index in [4.69, 9.17) is 4.99 Å². The molecule has 120 valence electrons. The summed E-state index contributed by atoms with van der Waals surface area (Å²) in [6.07, 6.45) is 2.43. The average Bonchev–Trinajstić information content (AvgIpc) is 3.20. The summed E-state index contributed by atoms with van der Waals surface area (Å²) in [6, 6.07) is 8.38. The number of halogens is 2. The van der Waals surface area contributed by atoms with Crippen molar-refractivity contribution in [1.29, 1.82) is 0 Å². The molecule has 1 aliphatic heterocycles. The molecule has 0 radical (unpaired) electrons. The molecule has 2 aliphatic rings. The van der Waals surface area contributed by atoms with Gasteiger partial charge in [0.15, 0.2) is 5.17 Å². The monoisotopic (exact) mass is 403 g/mol. The summed E-state index contributed by atoms with van der Waals surface area (Å²) in [6.45, 7) is 1.62. The molecule has 1 saturated carbocycles. The first kappa shape index (κ1) is 17.6. The van der Waals surface area contributed by atoms with E-state index in [2.05, 4.69) is 20.8 Å². The molecule has 1 aromatic rings. The Morgan fingerprint density at radius 1 is 1.36 bits per heavy atom. The van der Waals surface area contributed by atoms with Crippen molar-refractivity contribution < 1.29 is 4.79 Å². The van der Waals surface area contributed by atoms with Crippen LogP contribution < -0.4 is 4.90 Å². The fraction of sp³-hybridized carbons (Fsp3) is 0.467. The molecule has 0 bridgehead atoms. The summed E-state index contributed by atoms with van der Waals surface area (Å²) in [4.78, 5) is 20.9. The van der Waals surface area contributed by atoms with Crippen LogP contribution in [0.4, 0.5) is 5.69 Å². The Bertz CT molecular complexity index is 577. The summed E-state index contributed by atoms with van der Waals surface area (Å²) >= 11 is 5.18. The first-order chi connectivity index (χ1) is 10.1. The highest BCUT2D eigenvalue weighted by Crippen LogP contribution is 2.32. The Kier molecular flexibility index (Phi) is 5.80. The summed E-state index contributed by atoms with van der Waals surface area (Å²) in [5.41, 5.74) is 0.927. The van der Waals surface area contributed by atoms with Gasteiger partial charge in [-0.05, 0) is 37.1 Å². The molecule has 1 saturated heterocycles. The highest BCUT2D eigenvalue weighted by molar-refractivity contribution is 9.10. The fourth-order valence-electron chi connectivity index (χ4n) is 2.39. The van der Waals surface area contributed by atoms with Crippen molar-refractivity contribution in [2.24, 2.45) is 4.99 Å². The van der Waals surface area contributed by atoms with Gasteiger partial charge in [-0.3, -0.25) is 14.7 Å². The number of anilines is 1. The van der Waals surface area contributed by atoms with E-state index in [1.165, 1.54) is 12.8 Å². The predicted octanol–water partition coefficient (Wildman–Crippen LogP) is 3.75. The van der Waals surface area contributed by atoms with E-state index in [1.807, 2.05) is 36.2 Å². The molecule has 4 nitrogen and oxygen atoms in total. The van der Waals surface area contributed by atoms with E-state index < -0.39 is 0 Å². The van der Waals surface area contributed by atoms with Gasteiger partial charge in [0, 0.05) is 29.9 Å². The molecule has 1 aromatic carbocycles. The van der Waals surface area contributed by atoms with Crippen LogP contribution in [-0.2, 0) is 4.79 Å². The molecule has 0 N–H and O–H groups in total. The highest BCUT2D eigenvalue weighted by Gasteiger charge is 2.35. The number of amidine groups is 1. The van der Waals surface area contributed by atoms with Crippen molar-refractivity contribution in [2.45, 2.75) is 32.0 Å². The van der Waals surface area contributed by atoms with Crippen LogP contribution in [0.5, 0.6) is 0 Å². The summed E-state index contributed by atoms with van der Waals surface area (Å²) in [5, 5.41) is 1.06. The SMILES string of the molecule is CC(=O)N(c1ccc(Br)cc1)C1CSC(=NC2CC2)N1C.Cl. The molecule has 7 heteroatoms. The minimum atomic E-state index is 0. The molecule has 1 unspecified atom stereocenters. The molecular formula is C15H19BrClN3OS. The van der Waals surface area contributed by atoms with E-state index in [0.717, 1.165) is 21.1 Å².